The number of primary amides is 1. The first-order valence-electron chi connectivity index (χ1n) is 5.04. The quantitative estimate of drug-likeness (QED) is 0.465. The summed E-state index contributed by atoms with van der Waals surface area (Å²) in [6, 6.07) is 0. The summed E-state index contributed by atoms with van der Waals surface area (Å²) in [5.41, 5.74) is 4.34. The normalized spacial score (nSPS) is 7.78. The maximum absolute atomic E-state index is 9.09. The zero-order valence-electron chi connectivity index (χ0n) is 10.6. The van der Waals surface area contributed by atoms with E-state index in [1.54, 1.807) is 0 Å². The van der Waals surface area contributed by atoms with Crippen molar-refractivity contribution in [3.05, 3.63) is 0 Å². The van der Waals surface area contributed by atoms with Crippen LogP contribution in [0.4, 0.5) is 9.59 Å². The number of hydrogen-bond donors (Lipinski definition) is 4. The molecule has 4 N–H and O–H groups in total. The average molecular weight is 300 g/mol. The summed E-state index contributed by atoms with van der Waals surface area (Å²) in [6.45, 7) is 8.58. The van der Waals surface area contributed by atoms with Gasteiger partial charge in [0.1, 0.15) is 0 Å². The standard InChI is InChI=1S/C7H15NOS.CH3NOS.CH2O3/c1-4-8(5-2)7(10)9-6-3;2*2-1(3)4/h4-6H2,1-3H3;(H3,2,3,4);(H2,2,3,4). The van der Waals surface area contributed by atoms with Gasteiger partial charge in [0, 0.05) is 13.1 Å². The van der Waals surface area contributed by atoms with Gasteiger partial charge in [-0.15, -0.1) is 0 Å². The summed E-state index contributed by atoms with van der Waals surface area (Å²) in [5, 5.41) is 13.9. The molecular formula is C9H20N2O5S2. The molecule has 0 aromatic carbocycles. The van der Waals surface area contributed by atoms with Gasteiger partial charge >= 0.3 is 6.16 Å². The van der Waals surface area contributed by atoms with Crippen LogP contribution >= 0.6 is 24.8 Å². The SMILES string of the molecule is CCOC(=S)N(CC)CC.NC(=O)S.O=C(O)O. The number of thiol groups is 1. The van der Waals surface area contributed by atoms with E-state index in [-0.39, 0.29) is 0 Å². The molecule has 0 unspecified atom stereocenters. The lowest BCUT2D eigenvalue weighted by Gasteiger charge is -2.20. The van der Waals surface area contributed by atoms with Gasteiger partial charge in [-0.05, 0) is 33.0 Å². The van der Waals surface area contributed by atoms with Crippen molar-refractivity contribution in [3.63, 3.8) is 0 Å². The van der Waals surface area contributed by atoms with Crippen LogP contribution in [-0.2, 0) is 4.74 Å². The minimum absolute atomic E-state index is 0.618. The molecule has 0 bridgehead atoms. The molecule has 0 aliphatic carbocycles. The van der Waals surface area contributed by atoms with E-state index in [2.05, 4.69) is 32.2 Å². The highest BCUT2D eigenvalue weighted by molar-refractivity contribution is 7.96. The number of nitrogens with zero attached hydrogens (tertiary/aromatic N) is 1. The molecule has 0 aliphatic heterocycles. The number of ether oxygens (including phenoxy) is 1. The largest absolute Gasteiger partial charge is 0.503 e. The third-order valence-corrected chi connectivity index (χ3v) is 1.67. The summed E-state index contributed by atoms with van der Waals surface area (Å²) < 4.78 is 5.14. The summed E-state index contributed by atoms with van der Waals surface area (Å²) in [7, 11) is 0. The van der Waals surface area contributed by atoms with Crippen LogP contribution in [0.15, 0.2) is 0 Å². The molecular weight excluding hydrogens is 280 g/mol. The smallest absolute Gasteiger partial charge is 0.471 e. The number of rotatable bonds is 3. The molecule has 1 amide bonds. The molecule has 0 atom stereocenters. The van der Waals surface area contributed by atoms with Gasteiger partial charge in [-0.25, -0.2) is 4.79 Å². The van der Waals surface area contributed by atoms with Crippen molar-refractivity contribution in [1.29, 1.82) is 0 Å². The zero-order valence-corrected chi connectivity index (χ0v) is 12.3. The maximum atomic E-state index is 9.09. The van der Waals surface area contributed by atoms with Crippen molar-refractivity contribution in [1.82, 2.24) is 4.90 Å². The Hall–Kier alpha value is -1.22. The molecule has 0 saturated heterocycles. The predicted molar refractivity (Wildman–Crippen MR) is 76.4 cm³/mol. The van der Waals surface area contributed by atoms with E-state index in [4.69, 9.17) is 36.8 Å². The third kappa shape index (κ3) is 29.3. The van der Waals surface area contributed by atoms with Gasteiger partial charge in [0.05, 0.1) is 6.61 Å². The Morgan fingerprint density at radius 1 is 1.28 bits per heavy atom. The average Bonchev–Trinajstić information content (AvgIpc) is 2.18. The molecule has 0 aromatic heterocycles. The van der Waals surface area contributed by atoms with Crippen molar-refractivity contribution < 1.29 is 24.5 Å². The summed E-state index contributed by atoms with van der Waals surface area (Å²) in [5.74, 6) is 0. The molecule has 0 radical (unpaired) electrons. The van der Waals surface area contributed by atoms with Gasteiger partial charge in [-0.2, -0.15) is 0 Å². The lowest BCUT2D eigenvalue weighted by molar-refractivity contribution is 0.137. The lowest BCUT2D eigenvalue weighted by Crippen LogP contribution is -2.30. The molecule has 0 spiro atoms. The third-order valence-electron chi connectivity index (χ3n) is 1.29. The van der Waals surface area contributed by atoms with Crippen LogP contribution in [0.2, 0.25) is 0 Å². The maximum Gasteiger partial charge on any atom is 0.503 e. The molecule has 0 saturated carbocycles. The molecule has 0 fully saturated rings. The van der Waals surface area contributed by atoms with Crippen molar-refractivity contribution in [2.45, 2.75) is 20.8 Å². The molecule has 108 valence electrons. The number of carbonyl (C=O) groups excluding carboxylic acids is 1. The Kier molecular flexibility index (Phi) is 19.3. The fourth-order valence-corrected chi connectivity index (χ4v) is 1.07. The summed E-state index contributed by atoms with van der Waals surface area (Å²) >= 11 is 8.08. The summed E-state index contributed by atoms with van der Waals surface area (Å²) in [4.78, 5) is 19.7. The number of thiocarbonyl (C=S) groups is 1. The van der Waals surface area contributed by atoms with Crippen molar-refractivity contribution in [2.75, 3.05) is 19.7 Å². The van der Waals surface area contributed by atoms with Crippen LogP contribution < -0.4 is 5.73 Å². The number of amides is 1. The molecule has 7 nitrogen and oxygen atoms in total. The Morgan fingerprint density at radius 2 is 1.56 bits per heavy atom. The fraction of sp³-hybridized carbons (Fsp3) is 0.667. The Balaban J connectivity index is -0.000000233. The minimum atomic E-state index is -1.83. The molecule has 18 heavy (non-hydrogen) atoms. The van der Waals surface area contributed by atoms with E-state index in [1.165, 1.54) is 0 Å². The predicted octanol–water partition coefficient (Wildman–Crippen LogP) is 1.87. The van der Waals surface area contributed by atoms with Crippen LogP contribution in [0.25, 0.3) is 0 Å². The second-order valence-electron chi connectivity index (χ2n) is 2.49. The van der Waals surface area contributed by atoms with E-state index in [0.717, 1.165) is 13.1 Å². The lowest BCUT2D eigenvalue weighted by atomic mass is 10.6. The van der Waals surface area contributed by atoms with Gasteiger partial charge in [0.2, 0.25) is 0 Å². The molecule has 0 heterocycles. The minimum Gasteiger partial charge on any atom is -0.471 e. The number of carboxylic acid groups (broad SMARTS) is 2. The van der Waals surface area contributed by atoms with E-state index in [9.17, 15) is 0 Å². The molecule has 0 aliphatic rings. The van der Waals surface area contributed by atoms with E-state index < -0.39 is 11.4 Å². The fourth-order valence-electron chi connectivity index (χ4n) is 0.697. The van der Waals surface area contributed by atoms with E-state index >= 15 is 0 Å². The highest BCUT2D eigenvalue weighted by atomic mass is 32.1. The van der Waals surface area contributed by atoms with Crippen molar-refractivity contribution in [2.24, 2.45) is 5.73 Å². The monoisotopic (exact) mass is 300 g/mol. The van der Waals surface area contributed by atoms with Crippen LogP contribution in [0, 0.1) is 0 Å². The topological polar surface area (TPSA) is 113 Å². The molecule has 0 aromatic rings. The zero-order chi connectivity index (χ0) is 15.1. The van der Waals surface area contributed by atoms with Crippen LogP contribution in [-0.4, -0.2) is 51.4 Å². The van der Waals surface area contributed by atoms with Gasteiger partial charge in [-0.1, -0.05) is 12.6 Å². The second-order valence-corrected chi connectivity index (χ2v) is 3.28. The highest BCUT2D eigenvalue weighted by Gasteiger charge is 2.03. The van der Waals surface area contributed by atoms with Gasteiger partial charge in [0.25, 0.3) is 10.4 Å². The first-order valence-corrected chi connectivity index (χ1v) is 5.90. The number of hydrogen-bond acceptors (Lipinski definition) is 4. The number of nitrogens with two attached hydrogens (primary N) is 1. The van der Waals surface area contributed by atoms with Crippen molar-refractivity contribution >= 4 is 41.4 Å². The molecule has 0 rings (SSSR count). The van der Waals surface area contributed by atoms with Gasteiger partial charge in [0.15, 0.2) is 0 Å². The number of carbonyl (C=O) groups is 2. The van der Waals surface area contributed by atoms with Crippen LogP contribution in [0.5, 0.6) is 0 Å². The summed E-state index contributed by atoms with van der Waals surface area (Å²) in [6.07, 6.45) is -1.83. The first kappa shape index (κ1) is 22.0. The van der Waals surface area contributed by atoms with Gasteiger partial charge < -0.3 is 25.6 Å². The van der Waals surface area contributed by atoms with E-state index in [0.29, 0.717) is 11.8 Å². The van der Waals surface area contributed by atoms with Crippen LogP contribution in [0.3, 0.4) is 0 Å². The molecule has 9 heteroatoms. The van der Waals surface area contributed by atoms with Gasteiger partial charge in [-0.3, -0.25) is 4.79 Å². The Labute approximate surface area is 117 Å². The Bertz CT molecular complexity index is 227. The van der Waals surface area contributed by atoms with Crippen molar-refractivity contribution in [3.8, 4) is 0 Å². The van der Waals surface area contributed by atoms with E-state index in [1.807, 2.05) is 11.8 Å². The highest BCUT2D eigenvalue weighted by Crippen LogP contribution is 1.92. The van der Waals surface area contributed by atoms with Crippen LogP contribution in [0.1, 0.15) is 20.8 Å². The second kappa shape index (κ2) is 15.8. The first-order chi connectivity index (χ1) is 8.22. The Morgan fingerprint density at radius 3 is 1.72 bits per heavy atom.